The van der Waals surface area contributed by atoms with Crippen LogP contribution in [0.25, 0.3) is 0 Å². The van der Waals surface area contributed by atoms with E-state index < -0.39 is 0 Å². The highest BCUT2D eigenvalue weighted by atomic mass is 35.5. The lowest BCUT2D eigenvalue weighted by Gasteiger charge is -2.19. The number of alkyl halides is 1. The van der Waals surface area contributed by atoms with Crippen LogP contribution in [0.3, 0.4) is 0 Å². The Hall–Kier alpha value is -1.02. The molecule has 1 aromatic rings. The van der Waals surface area contributed by atoms with E-state index in [2.05, 4.69) is 17.4 Å². The van der Waals surface area contributed by atoms with Crippen LogP contribution in [0.1, 0.15) is 46.1 Å². The van der Waals surface area contributed by atoms with Crippen LogP contribution in [0.15, 0.2) is 18.2 Å². The first-order valence-electron chi connectivity index (χ1n) is 7.31. The number of hydrogen-bond donors (Lipinski definition) is 1. The minimum Gasteiger partial charge on any atom is -0.352 e. The average Bonchev–Trinajstić information content (AvgIpc) is 2.90. The first kappa shape index (κ1) is 11.8. The van der Waals surface area contributed by atoms with Gasteiger partial charge in [0.1, 0.15) is 0 Å². The molecule has 1 aromatic carbocycles. The van der Waals surface area contributed by atoms with Crippen LogP contribution in [0, 0.1) is 17.8 Å². The van der Waals surface area contributed by atoms with Gasteiger partial charge in [-0.05, 0) is 54.2 Å². The first-order chi connectivity index (χ1) is 9.25. The third kappa shape index (κ3) is 1.80. The molecule has 3 aliphatic rings. The molecule has 3 unspecified atom stereocenters. The van der Waals surface area contributed by atoms with Gasteiger partial charge in [0.25, 0.3) is 5.91 Å². The zero-order chi connectivity index (χ0) is 13.0. The van der Waals surface area contributed by atoms with E-state index >= 15 is 0 Å². The zero-order valence-electron chi connectivity index (χ0n) is 10.9. The summed E-state index contributed by atoms with van der Waals surface area (Å²) in [4.78, 5) is 11.9. The minimum atomic E-state index is 0.0583. The second-order valence-electron chi connectivity index (χ2n) is 6.16. The molecule has 0 aromatic heterocycles. The van der Waals surface area contributed by atoms with Crippen molar-refractivity contribution < 1.29 is 4.79 Å². The fourth-order valence-corrected chi connectivity index (χ4v) is 4.64. The van der Waals surface area contributed by atoms with Gasteiger partial charge >= 0.3 is 0 Å². The summed E-state index contributed by atoms with van der Waals surface area (Å²) in [5.74, 6) is 2.42. The second kappa shape index (κ2) is 4.24. The summed E-state index contributed by atoms with van der Waals surface area (Å²) in [6.07, 6.45) is 5.01. The molecule has 100 valence electrons. The Labute approximate surface area is 118 Å². The van der Waals surface area contributed by atoms with E-state index in [4.69, 9.17) is 11.6 Å². The molecule has 2 fully saturated rings. The largest absolute Gasteiger partial charge is 0.352 e. The Morgan fingerprint density at radius 3 is 2.84 bits per heavy atom. The van der Waals surface area contributed by atoms with Crippen LogP contribution in [0.5, 0.6) is 0 Å². The number of fused-ring (bicyclic) bond motifs is 2. The molecule has 0 radical (unpaired) electrons. The van der Waals surface area contributed by atoms with Crippen molar-refractivity contribution in [1.82, 2.24) is 5.32 Å². The lowest BCUT2D eigenvalue weighted by molar-refractivity contribution is 0.0946. The maximum atomic E-state index is 11.9. The molecule has 3 heteroatoms. The fourth-order valence-electron chi connectivity index (χ4n) is 4.13. The van der Waals surface area contributed by atoms with Gasteiger partial charge in [0, 0.05) is 12.1 Å². The van der Waals surface area contributed by atoms with Gasteiger partial charge in [-0.15, -0.1) is 11.6 Å². The molecule has 0 bridgehead atoms. The molecule has 0 saturated heterocycles. The lowest BCUT2D eigenvalue weighted by atomic mass is 9.94. The zero-order valence-corrected chi connectivity index (χ0v) is 11.6. The number of amides is 1. The van der Waals surface area contributed by atoms with Crippen LogP contribution in [-0.4, -0.2) is 12.5 Å². The van der Waals surface area contributed by atoms with Crippen molar-refractivity contribution >= 4 is 17.5 Å². The van der Waals surface area contributed by atoms with Gasteiger partial charge in [-0.1, -0.05) is 18.6 Å². The van der Waals surface area contributed by atoms with Gasteiger partial charge in [-0.3, -0.25) is 4.79 Å². The molecule has 1 amide bonds. The predicted octanol–water partition coefficient (Wildman–Crippen LogP) is 3.30. The van der Waals surface area contributed by atoms with Crippen molar-refractivity contribution in [2.24, 2.45) is 17.8 Å². The number of halogens is 1. The van der Waals surface area contributed by atoms with E-state index in [0.29, 0.717) is 5.92 Å². The topological polar surface area (TPSA) is 29.1 Å². The Morgan fingerprint density at radius 2 is 2.05 bits per heavy atom. The van der Waals surface area contributed by atoms with Gasteiger partial charge in [-0.25, -0.2) is 0 Å². The summed E-state index contributed by atoms with van der Waals surface area (Å²) >= 11 is 6.66. The van der Waals surface area contributed by atoms with Crippen LogP contribution in [0.4, 0.5) is 0 Å². The normalized spacial score (nSPS) is 33.3. The number of rotatable bonds is 2. The molecule has 1 aliphatic heterocycles. The molecule has 19 heavy (non-hydrogen) atoms. The highest BCUT2D eigenvalue weighted by molar-refractivity contribution is 6.21. The van der Waals surface area contributed by atoms with E-state index in [0.717, 1.165) is 41.5 Å². The summed E-state index contributed by atoms with van der Waals surface area (Å²) in [5, 5.41) is 3.00. The summed E-state index contributed by atoms with van der Waals surface area (Å²) in [6.45, 7) is 0.752. The third-order valence-corrected chi connectivity index (χ3v) is 5.73. The third-order valence-electron chi connectivity index (χ3n) is 5.19. The van der Waals surface area contributed by atoms with Crippen LogP contribution < -0.4 is 5.32 Å². The van der Waals surface area contributed by atoms with Gasteiger partial charge < -0.3 is 5.32 Å². The van der Waals surface area contributed by atoms with E-state index in [1.54, 1.807) is 0 Å². The Morgan fingerprint density at radius 1 is 1.26 bits per heavy atom. The van der Waals surface area contributed by atoms with Crippen molar-refractivity contribution in [2.75, 3.05) is 6.54 Å². The maximum Gasteiger partial charge on any atom is 0.251 e. The van der Waals surface area contributed by atoms with E-state index in [-0.39, 0.29) is 11.3 Å². The van der Waals surface area contributed by atoms with Crippen LogP contribution in [-0.2, 0) is 6.42 Å². The van der Waals surface area contributed by atoms with E-state index in [1.165, 1.54) is 19.3 Å². The number of nitrogens with one attached hydrogen (secondary N) is 1. The van der Waals surface area contributed by atoms with Gasteiger partial charge in [0.05, 0.1) is 5.38 Å². The molecule has 1 N–H and O–H groups in total. The van der Waals surface area contributed by atoms with E-state index in [1.807, 2.05) is 6.07 Å². The number of carbonyl (C=O) groups is 1. The van der Waals surface area contributed by atoms with Gasteiger partial charge in [0.15, 0.2) is 0 Å². The Kier molecular flexibility index (Phi) is 2.63. The maximum absolute atomic E-state index is 11.9. The molecule has 1 heterocycles. The highest BCUT2D eigenvalue weighted by Crippen LogP contribution is 2.63. The van der Waals surface area contributed by atoms with Crippen molar-refractivity contribution in [3.63, 3.8) is 0 Å². The van der Waals surface area contributed by atoms with Crippen molar-refractivity contribution in [3.8, 4) is 0 Å². The number of carbonyl (C=O) groups excluding carboxylic acids is 1. The summed E-state index contributed by atoms with van der Waals surface area (Å²) in [5.41, 5.74) is 3.13. The van der Waals surface area contributed by atoms with Gasteiger partial charge in [-0.2, -0.15) is 0 Å². The molecular formula is C16H18ClNO. The van der Waals surface area contributed by atoms with Gasteiger partial charge in [0.2, 0.25) is 0 Å². The molecule has 2 nitrogen and oxygen atoms in total. The van der Waals surface area contributed by atoms with Crippen molar-refractivity contribution in [3.05, 3.63) is 34.9 Å². The molecule has 4 rings (SSSR count). The van der Waals surface area contributed by atoms with Crippen molar-refractivity contribution in [1.29, 1.82) is 0 Å². The first-order valence-corrected chi connectivity index (χ1v) is 7.74. The molecule has 2 saturated carbocycles. The molecule has 3 atom stereocenters. The second-order valence-corrected chi connectivity index (χ2v) is 6.63. The summed E-state index contributed by atoms with van der Waals surface area (Å²) in [6, 6.07) is 6.25. The monoisotopic (exact) mass is 275 g/mol. The van der Waals surface area contributed by atoms with Crippen LogP contribution in [0.2, 0.25) is 0 Å². The number of benzene rings is 1. The quantitative estimate of drug-likeness (QED) is 0.825. The SMILES string of the molecule is O=C1NCCc2ccc(C(Cl)C3C4CCCC43)cc21. The Bertz CT molecular complexity index is 532. The number of hydrogen-bond acceptors (Lipinski definition) is 1. The average molecular weight is 276 g/mol. The fraction of sp³-hybridized carbons (Fsp3) is 0.562. The summed E-state index contributed by atoms with van der Waals surface area (Å²) in [7, 11) is 0. The summed E-state index contributed by atoms with van der Waals surface area (Å²) < 4.78 is 0. The molecular weight excluding hydrogens is 258 g/mol. The lowest BCUT2D eigenvalue weighted by Crippen LogP contribution is -2.31. The Balaban J connectivity index is 1.61. The molecule has 0 spiro atoms. The van der Waals surface area contributed by atoms with Crippen LogP contribution >= 0.6 is 11.6 Å². The van der Waals surface area contributed by atoms with E-state index in [9.17, 15) is 4.79 Å². The highest BCUT2D eigenvalue weighted by Gasteiger charge is 2.55. The standard InChI is InChI=1S/C16H18ClNO/c17-15(14-11-2-1-3-12(11)14)10-5-4-9-6-7-18-16(19)13(9)8-10/h4-5,8,11-12,14-15H,1-3,6-7H2,(H,18,19). The molecule has 2 aliphatic carbocycles. The smallest absolute Gasteiger partial charge is 0.251 e. The van der Waals surface area contributed by atoms with Crippen molar-refractivity contribution in [2.45, 2.75) is 31.1 Å². The predicted molar refractivity (Wildman–Crippen MR) is 75.4 cm³/mol. The minimum absolute atomic E-state index is 0.0583.